The molecule has 1 N–H and O–H groups in total. The topological polar surface area (TPSA) is 46.2 Å². The van der Waals surface area contributed by atoms with E-state index in [0.717, 1.165) is 25.7 Å². The Labute approximate surface area is 114 Å². The molecule has 0 radical (unpaired) electrons. The lowest BCUT2D eigenvalue weighted by molar-refractivity contribution is 0.348. The number of rotatable bonds is 4. The third-order valence-electron chi connectivity index (χ3n) is 3.69. The lowest BCUT2D eigenvalue weighted by Crippen LogP contribution is -2.39. The molecule has 102 valence electrons. The van der Waals surface area contributed by atoms with E-state index < -0.39 is 9.84 Å². The molecule has 1 aromatic heterocycles. The normalized spacial score (nSPS) is 27.0. The summed E-state index contributed by atoms with van der Waals surface area (Å²) in [6, 6.07) is 4.82. The van der Waals surface area contributed by atoms with Gasteiger partial charge in [-0.05, 0) is 37.6 Å². The quantitative estimate of drug-likeness (QED) is 0.926. The minimum Gasteiger partial charge on any atom is -0.307 e. The summed E-state index contributed by atoms with van der Waals surface area (Å²) < 4.78 is 23.2. The highest BCUT2D eigenvalue weighted by Gasteiger charge is 2.29. The van der Waals surface area contributed by atoms with Gasteiger partial charge in [-0.3, -0.25) is 0 Å². The van der Waals surface area contributed by atoms with Gasteiger partial charge in [0.2, 0.25) is 0 Å². The Morgan fingerprint density at radius 1 is 1.44 bits per heavy atom. The van der Waals surface area contributed by atoms with Gasteiger partial charge in [0.05, 0.1) is 5.25 Å². The summed E-state index contributed by atoms with van der Waals surface area (Å²) in [6.07, 6.45) is 5.04. The first-order valence-electron chi connectivity index (χ1n) is 6.45. The highest BCUT2D eigenvalue weighted by atomic mass is 32.2. The van der Waals surface area contributed by atoms with Crippen molar-refractivity contribution < 1.29 is 8.42 Å². The maximum atomic E-state index is 11.6. The van der Waals surface area contributed by atoms with E-state index in [9.17, 15) is 8.42 Å². The molecule has 1 fully saturated rings. The summed E-state index contributed by atoms with van der Waals surface area (Å²) in [7, 11) is -2.89. The standard InChI is InChI=1S/C13H21NO2S2/c1-10(13-7-4-8-17-13)14-11-5-3-6-12(9-11)18(2,15)16/h4,7-8,10-12,14H,3,5-6,9H2,1-2H3. The summed E-state index contributed by atoms with van der Waals surface area (Å²) in [4.78, 5) is 1.32. The van der Waals surface area contributed by atoms with E-state index in [1.54, 1.807) is 11.3 Å². The maximum absolute atomic E-state index is 11.6. The van der Waals surface area contributed by atoms with Crippen molar-refractivity contribution in [3.05, 3.63) is 22.4 Å². The van der Waals surface area contributed by atoms with Crippen molar-refractivity contribution >= 4 is 21.2 Å². The fourth-order valence-electron chi connectivity index (χ4n) is 2.66. The molecule has 3 unspecified atom stereocenters. The number of hydrogen-bond acceptors (Lipinski definition) is 4. The van der Waals surface area contributed by atoms with E-state index in [4.69, 9.17) is 0 Å². The maximum Gasteiger partial charge on any atom is 0.150 e. The van der Waals surface area contributed by atoms with Gasteiger partial charge in [0, 0.05) is 23.2 Å². The molecule has 1 saturated carbocycles. The van der Waals surface area contributed by atoms with Crippen molar-refractivity contribution in [3.63, 3.8) is 0 Å². The summed E-state index contributed by atoms with van der Waals surface area (Å²) in [5.41, 5.74) is 0. The Morgan fingerprint density at radius 3 is 2.83 bits per heavy atom. The second kappa shape index (κ2) is 5.72. The molecule has 5 heteroatoms. The Bertz CT molecular complexity index is 467. The SMILES string of the molecule is CC(NC1CCCC(S(C)(=O)=O)C1)c1cccs1. The average Bonchev–Trinajstić information content (AvgIpc) is 2.81. The second-order valence-electron chi connectivity index (χ2n) is 5.22. The zero-order valence-corrected chi connectivity index (χ0v) is 12.6. The van der Waals surface area contributed by atoms with E-state index in [1.807, 2.05) is 0 Å². The van der Waals surface area contributed by atoms with E-state index in [0.29, 0.717) is 12.1 Å². The van der Waals surface area contributed by atoms with E-state index in [1.165, 1.54) is 11.1 Å². The van der Waals surface area contributed by atoms with Gasteiger partial charge < -0.3 is 5.32 Å². The highest BCUT2D eigenvalue weighted by molar-refractivity contribution is 7.91. The number of nitrogens with one attached hydrogen (secondary N) is 1. The molecule has 0 bridgehead atoms. The van der Waals surface area contributed by atoms with Gasteiger partial charge in [0.1, 0.15) is 9.84 Å². The molecule has 2 rings (SSSR count). The summed E-state index contributed by atoms with van der Waals surface area (Å²) in [5, 5.41) is 5.49. The molecule has 0 saturated heterocycles. The van der Waals surface area contributed by atoms with Gasteiger partial charge in [-0.1, -0.05) is 12.5 Å². The smallest absolute Gasteiger partial charge is 0.150 e. The van der Waals surface area contributed by atoms with Gasteiger partial charge in [0.25, 0.3) is 0 Å². The van der Waals surface area contributed by atoms with Gasteiger partial charge in [0.15, 0.2) is 0 Å². The van der Waals surface area contributed by atoms with E-state index in [2.05, 4.69) is 29.8 Å². The lowest BCUT2D eigenvalue weighted by atomic mass is 9.94. The van der Waals surface area contributed by atoms with E-state index in [-0.39, 0.29) is 5.25 Å². The van der Waals surface area contributed by atoms with Crippen molar-refractivity contribution in [2.45, 2.75) is 49.9 Å². The largest absolute Gasteiger partial charge is 0.307 e. The number of sulfone groups is 1. The second-order valence-corrected chi connectivity index (χ2v) is 8.52. The molecule has 1 aliphatic rings. The van der Waals surface area contributed by atoms with E-state index >= 15 is 0 Å². The fourth-order valence-corrected chi connectivity index (χ4v) is 4.58. The molecule has 0 aliphatic heterocycles. The van der Waals surface area contributed by atoms with Gasteiger partial charge in [-0.25, -0.2) is 8.42 Å². The molecular weight excluding hydrogens is 266 g/mol. The predicted molar refractivity (Wildman–Crippen MR) is 76.8 cm³/mol. The molecule has 1 heterocycles. The number of hydrogen-bond donors (Lipinski definition) is 1. The Hall–Kier alpha value is -0.390. The zero-order chi connectivity index (χ0) is 13.2. The van der Waals surface area contributed by atoms with Crippen molar-refractivity contribution in [3.8, 4) is 0 Å². The Morgan fingerprint density at radius 2 is 2.22 bits per heavy atom. The Kier molecular flexibility index (Phi) is 4.45. The number of thiophene rings is 1. The van der Waals surface area contributed by atoms with Gasteiger partial charge in [-0.15, -0.1) is 11.3 Å². The van der Waals surface area contributed by atoms with Crippen LogP contribution in [0.15, 0.2) is 17.5 Å². The fraction of sp³-hybridized carbons (Fsp3) is 0.692. The van der Waals surface area contributed by atoms with Crippen LogP contribution in [-0.4, -0.2) is 26.0 Å². The molecule has 3 atom stereocenters. The molecular formula is C13H21NO2S2. The first kappa shape index (κ1) is 14.0. The Balaban J connectivity index is 1.94. The van der Waals surface area contributed by atoms with Crippen LogP contribution in [0, 0.1) is 0 Å². The zero-order valence-electron chi connectivity index (χ0n) is 10.9. The van der Waals surface area contributed by atoms with Crippen molar-refractivity contribution in [1.29, 1.82) is 0 Å². The molecule has 0 spiro atoms. The summed E-state index contributed by atoms with van der Waals surface area (Å²) >= 11 is 1.75. The molecule has 0 amide bonds. The molecule has 3 nitrogen and oxygen atoms in total. The van der Waals surface area contributed by atoms with Crippen molar-refractivity contribution in [1.82, 2.24) is 5.32 Å². The van der Waals surface area contributed by atoms with Crippen LogP contribution >= 0.6 is 11.3 Å². The summed E-state index contributed by atoms with van der Waals surface area (Å²) in [6.45, 7) is 2.15. The minimum absolute atomic E-state index is 0.153. The monoisotopic (exact) mass is 287 g/mol. The molecule has 1 aromatic rings. The van der Waals surface area contributed by atoms with Crippen molar-refractivity contribution in [2.24, 2.45) is 0 Å². The van der Waals surface area contributed by atoms with Crippen LogP contribution in [0.3, 0.4) is 0 Å². The van der Waals surface area contributed by atoms with Crippen molar-refractivity contribution in [2.75, 3.05) is 6.26 Å². The van der Waals surface area contributed by atoms with Crippen LogP contribution in [0.5, 0.6) is 0 Å². The summed E-state index contributed by atoms with van der Waals surface area (Å²) in [5.74, 6) is 0. The third-order valence-corrected chi connectivity index (χ3v) is 6.38. The third kappa shape index (κ3) is 3.56. The predicted octanol–water partition coefficient (Wildman–Crippen LogP) is 2.75. The van der Waals surface area contributed by atoms with Crippen LogP contribution in [0.2, 0.25) is 0 Å². The molecule has 18 heavy (non-hydrogen) atoms. The molecule has 1 aliphatic carbocycles. The van der Waals surface area contributed by atoms with Gasteiger partial charge >= 0.3 is 0 Å². The minimum atomic E-state index is -2.89. The lowest BCUT2D eigenvalue weighted by Gasteiger charge is -2.30. The molecule has 0 aromatic carbocycles. The van der Waals surface area contributed by atoms with Crippen LogP contribution < -0.4 is 5.32 Å². The van der Waals surface area contributed by atoms with Crippen LogP contribution in [0.25, 0.3) is 0 Å². The average molecular weight is 287 g/mol. The van der Waals surface area contributed by atoms with Crippen LogP contribution in [0.4, 0.5) is 0 Å². The van der Waals surface area contributed by atoms with Crippen LogP contribution in [-0.2, 0) is 9.84 Å². The first-order valence-corrected chi connectivity index (χ1v) is 9.28. The highest BCUT2D eigenvalue weighted by Crippen LogP contribution is 2.27. The first-order chi connectivity index (χ1) is 8.47. The van der Waals surface area contributed by atoms with Gasteiger partial charge in [-0.2, -0.15) is 0 Å². The van der Waals surface area contributed by atoms with Crippen LogP contribution in [0.1, 0.15) is 43.5 Å².